The molecule has 0 unspecified atom stereocenters. The minimum absolute atomic E-state index is 0.0470. The molecule has 0 bridgehead atoms. The summed E-state index contributed by atoms with van der Waals surface area (Å²) in [5, 5.41) is 15.0. The number of carbonyl (C=O) groups is 1. The molecule has 32 heavy (non-hydrogen) atoms. The summed E-state index contributed by atoms with van der Waals surface area (Å²) in [5.41, 5.74) is 2.21. The molecular weight excluding hydrogens is 448 g/mol. The van der Waals surface area contributed by atoms with Crippen molar-refractivity contribution in [3.8, 4) is 0 Å². The number of aromatic amines is 1. The minimum atomic E-state index is -0.508. The van der Waals surface area contributed by atoms with Crippen molar-refractivity contribution in [2.45, 2.75) is 44.3 Å². The third-order valence-electron chi connectivity index (χ3n) is 5.20. The van der Waals surface area contributed by atoms with Gasteiger partial charge in [0.05, 0.1) is 10.7 Å². The third kappa shape index (κ3) is 4.61. The highest BCUT2D eigenvalue weighted by molar-refractivity contribution is 7.99. The van der Waals surface area contributed by atoms with Crippen LogP contribution in [0.3, 0.4) is 0 Å². The molecule has 3 aromatic rings. The lowest BCUT2D eigenvalue weighted by molar-refractivity contribution is -0.404. The van der Waals surface area contributed by atoms with Crippen LogP contribution in [0.5, 0.6) is 0 Å². The summed E-state index contributed by atoms with van der Waals surface area (Å²) >= 11 is 2.86. The van der Waals surface area contributed by atoms with E-state index in [1.807, 2.05) is 6.92 Å². The van der Waals surface area contributed by atoms with Gasteiger partial charge in [-0.15, -0.1) is 0 Å². The van der Waals surface area contributed by atoms with Crippen LogP contribution in [0.2, 0.25) is 0 Å². The highest BCUT2D eigenvalue weighted by Gasteiger charge is 2.27. The van der Waals surface area contributed by atoms with Crippen LogP contribution in [-0.4, -0.2) is 21.2 Å². The lowest BCUT2D eigenvalue weighted by atomic mass is 9.97. The molecule has 166 valence electrons. The molecular formula is C22H23N4O4S2+. The number of benzene rings is 1. The molecule has 0 spiro atoms. The first-order chi connectivity index (χ1) is 15.3. The van der Waals surface area contributed by atoms with Gasteiger partial charge in [0.1, 0.15) is 11.9 Å². The van der Waals surface area contributed by atoms with Crippen molar-refractivity contribution < 1.29 is 14.7 Å². The highest BCUT2D eigenvalue weighted by Crippen LogP contribution is 2.33. The van der Waals surface area contributed by atoms with Crippen molar-refractivity contribution in [1.82, 2.24) is 4.57 Å². The number of amides is 1. The Morgan fingerprint density at radius 2 is 2.16 bits per heavy atom. The van der Waals surface area contributed by atoms with Crippen LogP contribution >= 0.6 is 23.1 Å². The SMILES string of the molecule is C=C(C)Cn1c(SCC(=O)Nc2cccc([N+](=O)[O-])c2)[nH+]c2sc3c(c2c1=O)CCCC3. The van der Waals surface area contributed by atoms with Crippen LogP contribution < -0.4 is 15.9 Å². The number of rotatable bonds is 7. The van der Waals surface area contributed by atoms with Gasteiger partial charge < -0.3 is 5.32 Å². The van der Waals surface area contributed by atoms with Gasteiger partial charge in [0.15, 0.2) is 4.83 Å². The van der Waals surface area contributed by atoms with Gasteiger partial charge in [-0.2, -0.15) is 4.57 Å². The summed E-state index contributed by atoms with van der Waals surface area (Å²) in [6, 6.07) is 5.80. The Hall–Kier alpha value is -2.98. The molecule has 1 amide bonds. The fourth-order valence-corrected chi connectivity index (χ4v) is 5.99. The van der Waals surface area contributed by atoms with E-state index in [1.54, 1.807) is 22.0 Å². The molecule has 2 aromatic heterocycles. The number of non-ortho nitro benzene ring substituents is 1. The van der Waals surface area contributed by atoms with Crippen LogP contribution in [0.15, 0.2) is 46.4 Å². The molecule has 0 radical (unpaired) electrons. The number of fused-ring (bicyclic) bond motifs is 3. The Morgan fingerprint density at radius 3 is 2.91 bits per heavy atom. The molecule has 4 rings (SSSR count). The van der Waals surface area contributed by atoms with E-state index in [1.165, 1.54) is 34.8 Å². The number of anilines is 1. The van der Waals surface area contributed by atoms with Crippen molar-refractivity contribution in [2.24, 2.45) is 0 Å². The molecule has 0 saturated carbocycles. The average Bonchev–Trinajstić information content (AvgIpc) is 3.13. The van der Waals surface area contributed by atoms with Crippen molar-refractivity contribution in [2.75, 3.05) is 11.1 Å². The fourth-order valence-electron chi connectivity index (χ4n) is 3.83. The van der Waals surface area contributed by atoms with Gasteiger partial charge in [-0.05, 0) is 61.6 Å². The van der Waals surface area contributed by atoms with E-state index in [9.17, 15) is 19.7 Å². The van der Waals surface area contributed by atoms with E-state index in [-0.39, 0.29) is 22.9 Å². The number of nitro benzene ring substituents is 1. The molecule has 2 heterocycles. The molecule has 0 saturated heterocycles. The van der Waals surface area contributed by atoms with Gasteiger partial charge in [0.2, 0.25) is 5.91 Å². The first-order valence-corrected chi connectivity index (χ1v) is 12.1. The maximum Gasteiger partial charge on any atom is 0.347 e. The number of carbonyl (C=O) groups excluding carboxylic acids is 1. The minimum Gasteiger partial charge on any atom is -0.325 e. The second kappa shape index (κ2) is 9.25. The Morgan fingerprint density at radius 1 is 1.38 bits per heavy atom. The number of hydrogen-bond donors (Lipinski definition) is 1. The number of nitrogens with one attached hydrogen (secondary N) is 2. The molecule has 1 aromatic carbocycles. The average molecular weight is 472 g/mol. The maximum atomic E-state index is 13.4. The molecule has 1 aliphatic rings. The summed E-state index contributed by atoms with van der Waals surface area (Å²) in [5.74, 6) is -0.269. The maximum absolute atomic E-state index is 13.4. The normalized spacial score (nSPS) is 13.0. The van der Waals surface area contributed by atoms with E-state index < -0.39 is 4.92 Å². The number of nitro groups is 1. The Bertz CT molecular complexity index is 1300. The smallest absolute Gasteiger partial charge is 0.325 e. The standard InChI is InChI=1S/C22H22N4O4S2/c1-13(2)11-25-21(28)19-16-8-3-4-9-17(16)32-20(19)24-22(25)31-12-18(27)23-14-6-5-7-15(10-14)26(29)30/h5-7,10H,1,3-4,8-9,11-12H2,2H3,(H,23,27)/p+1. The summed E-state index contributed by atoms with van der Waals surface area (Å²) < 4.78 is 1.65. The molecule has 8 nitrogen and oxygen atoms in total. The van der Waals surface area contributed by atoms with E-state index >= 15 is 0 Å². The van der Waals surface area contributed by atoms with Gasteiger partial charge in [-0.3, -0.25) is 14.9 Å². The number of hydrogen-bond acceptors (Lipinski definition) is 6. The van der Waals surface area contributed by atoms with E-state index in [0.717, 1.165) is 47.0 Å². The Labute approximate surface area is 192 Å². The zero-order valence-electron chi connectivity index (χ0n) is 17.6. The molecule has 0 fully saturated rings. The fraction of sp³-hybridized carbons (Fsp3) is 0.318. The second-order valence-corrected chi connectivity index (χ2v) is 9.91. The van der Waals surface area contributed by atoms with Crippen LogP contribution in [0.25, 0.3) is 10.2 Å². The number of H-pyrrole nitrogens is 1. The van der Waals surface area contributed by atoms with Gasteiger partial charge in [-0.25, -0.2) is 9.78 Å². The van der Waals surface area contributed by atoms with E-state index in [4.69, 9.17) is 0 Å². The van der Waals surface area contributed by atoms with Gasteiger partial charge in [0.25, 0.3) is 5.69 Å². The van der Waals surface area contributed by atoms with Crippen molar-refractivity contribution >= 4 is 50.6 Å². The number of aryl methyl sites for hydroxylation is 2. The number of aromatic nitrogens is 2. The van der Waals surface area contributed by atoms with E-state index in [0.29, 0.717) is 17.4 Å². The summed E-state index contributed by atoms with van der Waals surface area (Å²) in [6.45, 7) is 6.18. The monoisotopic (exact) mass is 471 g/mol. The van der Waals surface area contributed by atoms with E-state index in [2.05, 4.69) is 16.9 Å². The summed E-state index contributed by atoms with van der Waals surface area (Å²) in [4.78, 5) is 41.8. The largest absolute Gasteiger partial charge is 0.347 e. The topological polar surface area (TPSA) is 108 Å². The van der Waals surface area contributed by atoms with Crippen molar-refractivity contribution in [3.05, 3.63) is 67.3 Å². The van der Waals surface area contributed by atoms with Crippen LogP contribution in [0.1, 0.15) is 30.2 Å². The molecule has 0 aliphatic heterocycles. The summed E-state index contributed by atoms with van der Waals surface area (Å²) in [6.07, 6.45) is 4.15. The zero-order chi connectivity index (χ0) is 22.8. The molecule has 1 aliphatic carbocycles. The van der Waals surface area contributed by atoms with Crippen LogP contribution in [0.4, 0.5) is 11.4 Å². The van der Waals surface area contributed by atoms with Gasteiger partial charge in [-0.1, -0.05) is 24.0 Å². The molecule has 2 N–H and O–H groups in total. The van der Waals surface area contributed by atoms with Gasteiger partial charge >= 0.3 is 10.7 Å². The predicted octanol–water partition coefficient (Wildman–Crippen LogP) is 3.97. The van der Waals surface area contributed by atoms with Crippen molar-refractivity contribution in [1.29, 1.82) is 0 Å². The van der Waals surface area contributed by atoms with Crippen LogP contribution in [-0.2, 0) is 24.2 Å². The van der Waals surface area contributed by atoms with Crippen molar-refractivity contribution in [3.63, 3.8) is 0 Å². The number of allylic oxidation sites excluding steroid dienone is 1. The Kier molecular flexibility index (Phi) is 6.43. The third-order valence-corrected chi connectivity index (χ3v) is 7.41. The second-order valence-electron chi connectivity index (χ2n) is 7.84. The quantitative estimate of drug-likeness (QED) is 0.184. The molecule has 0 atom stereocenters. The predicted molar refractivity (Wildman–Crippen MR) is 127 cm³/mol. The number of thiophene rings is 1. The molecule has 10 heteroatoms. The summed E-state index contributed by atoms with van der Waals surface area (Å²) in [7, 11) is 0. The lowest BCUT2D eigenvalue weighted by Crippen LogP contribution is -2.31. The number of nitrogens with zero attached hydrogens (tertiary/aromatic N) is 2. The zero-order valence-corrected chi connectivity index (χ0v) is 19.2. The first-order valence-electron chi connectivity index (χ1n) is 10.3. The highest BCUT2D eigenvalue weighted by atomic mass is 32.2. The van der Waals surface area contributed by atoms with Crippen LogP contribution in [0, 0.1) is 10.1 Å². The Balaban J connectivity index is 1.60. The first kappa shape index (κ1) is 22.2. The van der Waals surface area contributed by atoms with Gasteiger partial charge in [0, 0.05) is 22.7 Å². The number of thioether (sulfide) groups is 1. The lowest BCUT2D eigenvalue weighted by Gasteiger charge is -2.10.